The lowest BCUT2D eigenvalue weighted by molar-refractivity contribution is -0.669. The van der Waals surface area contributed by atoms with Crippen molar-refractivity contribution in [3.05, 3.63) is 71.2 Å². The molecule has 0 N–H and O–H groups in total. The van der Waals surface area contributed by atoms with Crippen LogP contribution < -0.4 is 4.68 Å². The maximum Gasteiger partial charge on any atom is 0.313 e. The molecule has 0 bridgehead atoms. The molecule has 6 heteroatoms. The largest absolute Gasteiger partial charge is 0.313 e. The van der Waals surface area contributed by atoms with E-state index >= 15 is 0 Å². The molecule has 0 fully saturated rings. The Morgan fingerprint density at radius 1 is 0.958 bits per heavy atom. The van der Waals surface area contributed by atoms with Crippen molar-refractivity contribution in [3.8, 4) is 22.2 Å². The van der Waals surface area contributed by atoms with Crippen LogP contribution in [0.2, 0.25) is 0 Å². The van der Waals surface area contributed by atoms with Crippen molar-refractivity contribution in [2.45, 2.75) is 13.8 Å². The standard InChI is InChI=1S/C18H16N5S/c1-13-8-6-7-11-16(13)23-21-20-17(15-9-4-3-5-10-15)22(23)18-19-14(2)12-24-18/h3-12H,1-2H3/q+1. The molecule has 2 heterocycles. The summed E-state index contributed by atoms with van der Waals surface area (Å²) in [5, 5.41) is 11.7. The number of nitrogens with zero attached hydrogens (tertiary/aromatic N) is 5. The quantitative estimate of drug-likeness (QED) is 0.540. The summed E-state index contributed by atoms with van der Waals surface area (Å²) in [5.41, 5.74) is 4.10. The van der Waals surface area contributed by atoms with Gasteiger partial charge in [0.1, 0.15) is 16.6 Å². The maximum atomic E-state index is 4.64. The minimum absolute atomic E-state index is 0.771. The molecule has 118 valence electrons. The van der Waals surface area contributed by atoms with E-state index in [2.05, 4.69) is 28.3 Å². The van der Waals surface area contributed by atoms with Gasteiger partial charge in [-0.2, -0.15) is 0 Å². The van der Waals surface area contributed by atoms with Crippen LogP contribution in [0.25, 0.3) is 22.2 Å². The highest BCUT2D eigenvalue weighted by molar-refractivity contribution is 7.11. The lowest BCUT2D eigenvalue weighted by Crippen LogP contribution is -2.42. The molecule has 0 aliphatic heterocycles. The van der Waals surface area contributed by atoms with Crippen LogP contribution in [-0.2, 0) is 0 Å². The van der Waals surface area contributed by atoms with E-state index in [0.29, 0.717) is 0 Å². The second-order valence-corrected chi connectivity index (χ2v) is 6.37. The lowest BCUT2D eigenvalue weighted by Gasteiger charge is -2.05. The van der Waals surface area contributed by atoms with Gasteiger partial charge in [0.25, 0.3) is 0 Å². The fourth-order valence-corrected chi connectivity index (χ4v) is 3.37. The highest BCUT2D eigenvalue weighted by Crippen LogP contribution is 2.18. The number of benzene rings is 2. The molecular formula is C18H16N5S+. The smallest absolute Gasteiger partial charge is 0.127 e. The Labute approximate surface area is 143 Å². The lowest BCUT2D eigenvalue weighted by atomic mass is 10.2. The van der Waals surface area contributed by atoms with Crippen LogP contribution >= 0.6 is 11.3 Å². The Balaban J connectivity index is 1.99. The highest BCUT2D eigenvalue weighted by Gasteiger charge is 2.26. The Bertz CT molecular complexity index is 988. The van der Waals surface area contributed by atoms with Crippen molar-refractivity contribution < 1.29 is 4.68 Å². The van der Waals surface area contributed by atoms with Crippen molar-refractivity contribution in [2.24, 2.45) is 0 Å². The minimum atomic E-state index is 0.771. The number of thiazole rings is 1. The predicted molar refractivity (Wildman–Crippen MR) is 93.5 cm³/mol. The molecule has 0 saturated heterocycles. The van der Waals surface area contributed by atoms with Gasteiger partial charge in [0.2, 0.25) is 0 Å². The highest BCUT2D eigenvalue weighted by atomic mass is 32.1. The number of para-hydroxylation sites is 1. The van der Waals surface area contributed by atoms with Crippen LogP contribution in [0.4, 0.5) is 0 Å². The molecule has 0 aliphatic rings. The second kappa shape index (κ2) is 5.98. The van der Waals surface area contributed by atoms with Gasteiger partial charge in [0.15, 0.2) is 0 Å². The molecule has 2 aromatic heterocycles. The molecule has 4 aromatic rings. The van der Waals surface area contributed by atoms with Crippen LogP contribution in [0.3, 0.4) is 0 Å². The zero-order valence-electron chi connectivity index (χ0n) is 13.4. The van der Waals surface area contributed by atoms with E-state index in [1.54, 1.807) is 11.3 Å². The molecule has 0 unspecified atom stereocenters. The summed E-state index contributed by atoms with van der Waals surface area (Å²) in [6.45, 7) is 4.06. The third kappa shape index (κ3) is 2.51. The van der Waals surface area contributed by atoms with E-state index in [9.17, 15) is 0 Å². The number of aromatic nitrogens is 5. The van der Waals surface area contributed by atoms with E-state index in [-0.39, 0.29) is 0 Å². The van der Waals surface area contributed by atoms with Gasteiger partial charge in [-0.15, -0.1) is 4.98 Å². The fourth-order valence-electron chi connectivity index (χ4n) is 2.58. The van der Waals surface area contributed by atoms with Gasteiger partial charge in [-0.25, -0.2) is 0 Å². The maximum absolute atomic E-state index is 4.64. The van der Waals surface area contributed by atoms with Gasteiger partial charge < -0.3 is 0 Å². The van der Waals surface area contributed by atoms with Crippen molar-refractivity contribution >= 4 is 11.3 Å². The van der Waals surface area contributed by atoms with Crippen LogP contribution in [-0.4, -0.2) is 20.1 Å². The van der Waals surface area contributed by atoms with E-state index in [4.69, 9.17) is 0 Å². The third-order valence-corrected chi connectivity index (χ3v) is 4.70. The van der Waals surface area contributed by atoms with Crippen LogP contribution in [0.1, 0.15) is 11.3 Å². The zero-order valence-corrected chi connectivity index (χ0v) is 14.2. The predicted octanol–water partition coefficient (Wildman–Crippen LogP) is 3.28. The monoisotopic (exact) mass is 334 g/mol. The number of aryl methyl sites for hydroxylation is 2. The number of hydrogen-bond acceptors (Lipinski definition) is 4. The number of rotatable bonds is 3. The average Bonchev–Trinajstić information content (AvgIpc) is 3.22. The molecule has 0 saturated carbocycles. The van der Waals surface area contributed by atoms with Gasteiger partial charge in [-0.3, -0.25) is 0 Å². The molecular weight excluding hydrogens is 318 g/mol. The van der Waals surface area contributed by atoms with Gasteiger partial charge in [-0.05, 0) is 42.4 Å². The van der Waals surface area contributed by atoms with E-state index in [1.165, 1.54) is 0 Å². The Hall–Kier alpha value is -2.86. The van der Waals surface area contributed by atoms with E-state index in [0.717, 1.165) is 33.5 Å². The average molecular weight is 334 g/mol. The van der Waals surface area contributed by atoms with Crippen LogP contribution in [0, 0.1) is 13.8 Å². The molecule has 0 amide bonds. The Kier molecular flexibility index (Phi) is 3.66. The van der Waals surface area contributed by atoms with Gasteiger partial charge >= 0.3 is 11.0 Å². The molecule has 2 aromatic carbocycles. The van der Waals surface area contributed by atoms with Crippen molar-refractivity contribution in [1.29, 1.82) is 0 Å². The normalized spacial score (nSPS) is 10.9. The van der Waals surface area contributed by atoms with Crippen LogP contribution in [0.5, 0.6) is 0 Å². The molecule has 0 aliphatic carbocycles. The zero-order chi connectivity index (χ0) is 16.5. The molecule has 5 nitrogen and oxygen atoms in total. The molecule has 0 atom stereocenters. The summed E-state index contributed by atoms with van der Waals surface area (Å²) in [4.78, 5) is 6.45. The fraction of sp³-hybridized carbons (Fsp3) is 0.111. The van der Waals surface area contributed by atoms with Crippen molar-refractivity contribution in [1.82, 2.24) is 20.1 Å². The first-order valence-corrected chi connectivity index (χ1v) is 8.54. The summed E-state index contributed by atoms with van der Waals surface area (Å²) in [6, 6.07) is 18.2. The third-order valence-electron chi connectivity index (χ3n) is 3.77. The minimum Gasteiger partial charge on any atom is -0.127 e. The van der Waals surface area contributed by atoms with Crippen LogP contribution in [0.15, 0.2) is 60.0 Å². The van der Waals surface area contributed by atoms with Gasteiger partial charge in [0.05, 0.1) is 5.10 Å². The Morgan fingerprint density at radius 3 is 2.42 bits per heavy atom. The number of hydrogen-bond donors (Lipinski definition) is 0. The summed E-state index contributed by atoms with van der Waals surface area (Å²) >= 11 is 1.58. The van der Waals surface area contributed by atoms with Crippen molar-refractivity contribution in [2.75, 3.05) is 0 Å². The first-order valence-electron chi connectivity index (χ1n) is 7.66. The summed E-state index contributed by atoms with van der Waals surface area (Å²) in [6.07, 6.45) is 0. The molecule has 0 radical (unpaired) electrons. The molecule has 0 spiro atoms. The van der Waals surface area contributed by atoms with Gasteiger partial charge in [0, 0.05) is 10.9 Å². The van der Waals surface area contributed by atoms with Crippen molar-refractivity contribution in [3.63, 3.8) is 0 Å². The van der Waals surface area contributed by atoms with E-state index in [1.807, 2.05) is 70.3 Å². The topological polar surface area (TPSA) is 47.5 Å². The molecule has 4 rings (SSSR count). The Morgan fingerprint density at radius 2 is 1.71 bits per heavy atom. The summed E-state index contributed by atoms with van der Waals surface area (Å²) in [5.74, 6) is 0.771. The second-order valence-electron chi connectivity index (χ2n) is 5.54. The first-order chi connectivity index (χ1) is 11.7. The first kappa shape index (κ1) is 14.7. The SMILES string of the molecule is Cc1csc(-[n+]2c(-c3ccccc3)nnn2-c2ccccc2C)n1. The van der Waals surface area contributed by atoms with E-state index < -0.39 is 0 Å². The van der Waals surface area contributed by atoms with Gasteiger partial charge in [-0.1, -0.05) is 52.4 Å². The summed E-state index contributed by atoms with van der Waals surface area (Å²) in [7, 11) is 0. The molecule has 24 heavy (non-hydrogen) atoms. The summed E-state index contributed by atoms with van der Waals surface area (Å²) < 4.78 is 1.97. The number of tetrazole rings is 1.